The molecule has 0 radical (unpaired) electrons. The van der Waals surface area contributed by atoms with E-state index < -0.39 is 6.10 Å². The maximum atomic E-state index is 12.9. The minimum atomic E-state index is -0.801. The lowest BCUT2D eigenvalue weighted by Gasteiger charge is -2.18. The normalized spacial score (nSPS) is 12.6. The van der Waals surface area contributed by atoms with Crippen molar-refractivity contribution in [2.75, 3.05) is 13.2 Å². The van der Waals surface area contributed by atoms with Crippen LogP contribution in [0.25, 0.3) is 0 Å². The van der Waals surface area contributed by atoms with Crippen LogP contribution in [0, 0.1) is 0 Å². The van der Waals surface area contributed by atoms with Crippen molar-refractivity contribution in [1.82, 2.24) is 0 Å². The summed E-state index contributed by atoms with van der Waals surface area (Å²) >= 11 is 0. The molecule has 6 nitrogen and oxygen atoms in total. The summed E-state index contributed by atoms with van der Waals surface area (Å²) in [5, 5.41) is 0. The number of hydrogen-bond donors (Lipinski definition) is 0. The summed E-state index contributed by atoms with van der Waals surface area (Å²) in [6.45, 7) is 6.51. The zero-order valence-corrected chi connectivity index (χ0v) is 55.2. The molecule has 0 heterocycles. The first-order valence-corrected chi connectivity index (χ1v) is 36.1. The molecule has 0 aliphatic carbocycles. The molecule has 0 fully saturated rings. The number of allylic oxidation sites excluding steroid dienone is 14. The van der Waals surface area contributed by atoms with Crippen LogP contribution in [-0.2, 0) is 28.6 Å². The van der Waals surface area contributed by atoms with Crippen LogP contribution in [0.15, 0.2) is 85.1 Å². The first kappa shape index (κ1) is 79.6. The summed E-state index contributed by atoms with van der Waals surface area (Å²) < 4.78 is 16.9. The van der Waals surface area contributed by atoms with Crippen molar-refractivity contribution in [2.24, 2.45) is 0 Å². The van der Waals surface area contributed by atoms with Crippen molar-refractivity contribution in [3.8, 4) is 0 Å². The highest BCUT2D eigenvalue weighted by molar-refractivity contribution is 5.71. The van der Waals surface area contributed by atoms with Gasteiger partial charge in [0, 0.05) is 19.3 Å². The first-order valence-electron chi connectivity index (χ1n) is 36.1. The molecule has 6 heteroatoms. The van der Waals surface area contributed by atoms with E-state index in [0.717, 1.165) is 122 Å². The van der Waals surface area contributed by atoms with Gasteiger partial charge in [-0.3, -0.25) is 14.4 Å². The highest BCUT2D eigenvalue weighted by Crippen LogP contribution is 2.18. The van der Waals surface area contributed by atoms with E-state index in [1.165, 1.54) is 205 Å². The fourth-order valence-corrected chi connectivity index (χ4v) is 10.5. The van der Waals surface area contributed by atoms with E-state index in [2.05, 4.69) is 106 Å². The quantitative estimate of drug-likeness (QED) is 0.0261. The minimum absolute atomic E-state index is 0.0920. The minimum Gasteiger partial charge on any atom is -0.462 e. The van der Waals surface area contributed by atoms with Crippen LogP contribution in [0.5, 0.6) is 0 Å². The smallest absolute Gasteiger partial charge is 0.306 e. The monoisotopic (exact) mass is 1160 g/mol. The predicted octanol–water partition coefficient (Wildman–Crippen LogP) is 25.0. The van der Waals surface area contributed by atoms with Crippen molar-refractivity contribution >= 4 is 17.9 Å². The SMILES string of the molecule is CC/C=C\C/C=C\C/C=C\C/C=C\C/C=C\CCCCCC(=O)OC(COC(=O)CCCCCCC/C=C\C/C=C\CCCCC)COC(=O)CCCCCCCCCCCCCCCCCCCCCCCCCCCCCCCCC. The Balaban J connectivity index is 4.25. The summed E-state index contributed by atoms with van der Waals surface area (Å²) in [7, 11) is 0. The van der Waals surface area contributed by atoms with Crippen LogP contribution in [0.3, 0.4) is 0 Å². The van der Waals surface area contributed by atoms with Crippen LogP contribution >= 0.6 is 0 Å². The molecular weight excluding hydrogens is 1020 g/mol. The number of carbonyl (C=O) groups excluding carboxylic acids is 3. The largest absolute Gasteiger partial charge is 0.462 e. The summed E-state index contributed by atoms with van der Waals surface area (Å²) in [5.41, 5.74) is 0. The van der Waals surface area contributed by atoms with Crippen LogP contribution in [0.1, 0.15) is 367 Å². The number of ether oxygens (including phenoxy) is 3. The molecule has 0 amide bonds. The van der Waals surface area contributed by atoms with E-state index in [4.69, 9.17) is 14.2 Å². The molecule has 0 aromatic rings. The fraction of sp³-hybridized carbons (Fsp3) is 0.779. The molecular formula is C77H136O6. The van der Waals surface area contributed by atoms with Gasteiger partial charge < -0.3 is 14.2 Å². The van der Waals surface area contributed by atoms with Gasteiger partial charge in [0.1, 0.15) is 13.2 Å². The van der Waals surface area contributed by atoms with Crippen molar-refractivity contribution in [3.63, 3.8) is 0 Å². The highest BCUT2D eigenvalue weighted by atomic mass is 16.6. The van der Waals surface area contributed by atoms with E-state index in [-0.39, 0.29) is 37.5 Å². The zero-order valence-electron chi connectivity index (χ0n) is 55.2. The average Bonchev–Trinajstić information content (AvgIpc) is 3.49. The molecule has 83 heavy (non-hydrogen) atoms. The fourth-order valence-electron chi connectivity index (χ4n) is 10.5. The second-order valence-electron chi connectivity index (χ2n) is 24.1. The maximum Gasteiger partial charge on any atom is 0.306 e. The van der Waals surface area contributed by atoms with Gasteiger partial charge in [-0.25, -0.2) is 0 Å². The molecule has 0 aliphatic heterocycles. The molecule has 0 rings (SSSR count). The number of unbranched alkanes of at least 4 members (excludes halogenated alkanes) is 41. The van der Waals surface area contributed by atoms with Crippen molar-refractivity contribution in [3.05, 3.63) is 85.1 Å². The molecule has 0 saturated carbocycles. The maximum absolute atomic E-state index is 12.9. The van der Waals surface area contributed by atoms with E-state index in [0.29, 0.717) is 12.8 Å². The Morgan fingerprint density at radius 2 is 0.470 bits per heavy atom. The van der Waals surface area contributed by atoms with E-state index in [1.54, 1.807) is 0 Å². The molecule has 0 spiro atoms. The molecule has 0 aliphatic rings. The second-order valence-corrected chi connectivity index (χ2v) is 24.1. The van der Waals surface area contributed by atoms with Gasteiger partial charge in [-0.15, -0.1) is 0 Å². The van der Waals surface area contributed by atoms with Crippen molar-refractivity contribution < 1.29 is 28.6 Å². The summed E-state index contributed by atoms with van der Waals surface area (Å²) in [6.07, 6.45) is 94.9. The molecule has 1 atom stereocenters. The van der Waals surface area contributed by atoms with E-state index in [9.17, 15) is 14.4 Å². The summed E-state index contributed by atoms with van der Waals surface area (Å²) in [6, 6.07) is 0. The number of carbonyl (C=O) groups is 3. The standard InChI is InChI=1S/C77H136O6/c1-4-7-10-13-16-19-22-25-28-30-32-33-34-35-36-37-38-39-40-41-42-43-45-46-49-52-55-58-61-64-67-70-76(79)82-73-74(72-81-75(78)69-66-63-60-57-54-51-48-27-24-21-18-15-12-9-6-3)83-77(80)71-68-65-62-59-56-53-50-47-44-31-29-26-23-20-17-14-11-8-5-2/h8,11,17-18,20-21,26-27,29,44,47-48,53,56,74H,4-7,9-10,12-16,19,22-25,28,30-43,45-46,49-52,54-55,57-73H2,1-3H3/b11-8-,20-17-,21-18-,29-26-,47-44-,48-27-,56-53-. The lowest BCUT2D eigenvalue weighted by atomic mass is 10.0. The zero-order chi connectivity index (χ0) is 59.9. The predicted molar refractivity (Wildman–Crippen MR) is 362 cm³/mol. The summed E-state index contributed by atoms with van der Waals surface area (Å²) in [5.74, 6) is -0.922. The Hall–Kier alpha value is -3.41. The summed E-state index contributed by atoms with van der Waals surface area (Å²) in [4.78, 5) is 38.4. The van der Waals surface area contributed by atoms with Crippen LogP contribution in [-0.4, -0.2) is 37.2 Å². The topological polar surface area (TPSA) is 78.9 Å². The highest BCUT2D eigenvalue weighted by Gasteiger charge is 2.19. The van der Waals surface area contributed by atoms with Gasteiger partial charge in [0.05, 0.1) is 0 Å². The third-order valence-corrected chi connectivity index (χ3v) is 15.9. The third kappa shape index (κ3) is 69.3. The van der Waals surface area contributed by atoms with Crippen LogP contribution < -0.4 is 0 Å². The third-order valence-electron chi connectivity index (χ3n) is 15.9. The van der Waals surface area contributed by atoms with E-state index >= 15 is 0 Å². The van der Waals surface area contributed by atoms with Gasteiger partial charge in [-0.2, -0.15) is 0 Å². The Kier molecular flexibility index (Phi) is 68.2. The Morgan fingerprint density at radius 3 is 0.771 bits per heavy atom. The number of hydrogen-bond acceptors (Lipinski definition) is 6. The van der Waals surface area contributed by atoms with Crippen molar-refractivity contribution in [1.29, 1.82) is 0 Å². The first-order chi connectivity index (χ1) is 41.0. The van der Waals surface area contributed by atoms with Gasteiger partial charge in [-0.1, -0.05) is 337 Å². The van der Waals surface area contributed by atoms with Crippen LogP contribution in [0.2, 0.25) is 0 Å². The Labute approximate surface area is 515 Å². The average molecular weight is 1160 g/mol. The van der Waals surface area contributed by atoms with Crippen molar-refractivity contribution in [2.45, 2.75) is 374 Å². The molecule has 1 unspecified atom stereocenters. The lowest BCUT2D eigenvalue weighted by Crippen LogP contribution is -2.30. The van der Waals surface area contributed by atoms with E-state index in [1.807, 2.05) is 0 Å². The molecule has 0 saturated heterocycles. The van der Waals surface area contributed by atoms with Gasteiger partial charge in [0.15, 0.2) is 6.10 Å². The molecule has 0 aromatic carbocycles. The Bertz CT molecular complexity index is 1570. The van der Waals surface area contributed by atoms with Gasteiger partial charge in [0.2, 0.25) is 0 Å². The Morgan fingerprint density at radius 1 is 0.253 bits per heavy atom. The van der Waals surface area contributed by atoms with Gasteiger partial charge in [0.25, 0.3) is 0 Å². The second kappa shape index (κ2) is 71.1. The number of rotatable bonds is 66. The molecule has 480 valence electrons. The molecule has 0 aromatic heterocycles. The molecule has 0 bridgehead atoms. The lowest BCUT2D eigenvalue weighted by molar-refractivity contribution is -0.167. The van der Waals surface area contributed by atoms with Crippen LogP contribution in [0.4, 0.5) is 0 Å². The van der Waals surface area contributed by atoms with Gasteiger partial charge in [-0.05, 0) is 96.3 Å². The van der Waals surface area contributed by atoms with Gasteiger partial charge >= 0.3 is 17.9 Å². The number of esters is 3. The molecule has 0 N–H and O–H groups in total.